The van der Waals surface area contributed by atoms with Gasteiger partial charge in [-0.25, -0.2) is 0 Å². The van der Waals surface area contributed by atoms with E-state index in [-0.39, 0.29) is 0 Å². The maximum Gasteiger partial charge on any atom is 0.188 e. The molecule has 3 N–H and O–H groups in total. The molecular formula is C16H28N4. The summed E-state index contributed by atoms with van der Waals surface area (Å²) in [5.41, 5.74) is 8.43. The minimum absolute atomic E-state index is 0.537. The lowest BCUT2D eigenvalue weighted by Gasteiger charge is -2.25. The van der Waals surface area contributed by atoms with Gasteiger partial charge in [-0.05, 0) is 31.4 Å². The van der Waals surface area contributed by atoms with Gasteiger partial charge in [0.15, 0.2) is 5.96 Å². The van der Waals surface area contributed by atoms with Gasteiger partial charge >= 0.3 is 0 Å². The van der Waals surface area contributed by atoms with Crippen LogP contribution in [0, 0.1) is 12.8 Å². The number of para-hydroxylation sites is 1. The summed E-state index contributed by atoms with van der Waals surface area (Å²) >= 11 is 0. The van der Waals surface area contributed by atoms with Crippen LogP contribution in [0.15, 0.2) is 29.3 Å². The van der Waals surface area contributed by atoms with Gasteiger partial charge in [-0.3, -0.25) is 4.99 Å². The van der Waals surface area contributed by atoms with E-state index in [1.165, 1.54) is 11.3 Å². The molecule has 0 saturated carbocycles. The number of hydrogen-bond acceptors (Lipinski definition) is 2. The zero-order chi connectivity index (χ0) is 15.0. The second kappa shape index (κ2) is 8.46. The third kappa shape index (κ3) is 5.51. The molecule has 20 heavy (non-hydrogen) atoms. The van der Waals surface area contributed by atoms with E-state index in [0.29, 0.717) is 11.9 Å². The fourth-order valence-corrected chi connectivity index (χ4v) is 2.02. The standard InChI is InChI=1S/C16H28N4/c1-5-20(15-9-7-6-8-14(15)4)11-10-18-16(17)19-12-13(2)3/h6-9,13H,5,10-12H2,1-4H3,(H3,17,18,19). The van der Waals surface area contributed by atoms with Crippen molar-refractivity contribution in [2.75, 3.05) is 31.1 Å². The Bertz CT molecular complexity index is 426. The van der Waals surface area contributed by atoms with Gasteiger partial charge in [-0.15, -0.1) is 0 Å². The Kier molecular flexibility index (Phi) is 6.91. The molecule has 0 bridgehead atoms. The number of anilines is 1. The predicted octanol–water partition coefficient (Wildman–Crippen LogP) is 2.38. The molecule has 1 rings (SSSR count). The highest BCUT2D eigenvalue weighted by atomic mass is 15.2. The first-order valence-corrected chi connectivity index (χ1v) is 7.39. The van der Waals surface area contributed by atoms with Crippen LogP contribution in [0.3, 0.4) is 0 Å². The third-order valence-electron chi connectivity index (χ3n) is 3.15. The molecule has 0 aromatic heterocycles. The summed E-state index contributed by atoms with van der Waals surface area (Å²) < 4.78 is 0. The Labute approximate surface area is 123 Å². The average molecular weight is 276 g/mol. The Morgan fingerprint density at radius 1 is 1.35 bits per heavy atom. The number of nitrogens with one attached hydrogen (secondary N) is 1. The minimum atomic E-state index is 0.537. The number of aryl methyl sites for hydroxylation is 1. The largest absolute Gasteiger partial charge is 0.370 e. The first kappa shape index (κ1) is 16.3. The zero-order valence-electron chi connectivity index (χ0n) is 13.2. The molecule has 4 nitrogen and oxygen atoms in total. The Morgan fingerprint density at radius 3 is 2.65 bits per heavy atom. The zero-order valence-corrected chi connectivity index (χ0v) is 13.2. The van der Waals surface area contributed by atoms with Gasteiger partial charge < -0.3 is 16.0 Å². The quantitative estimate of drug-likeness (QED) is 0.594. The normalized spacial score (nSPS) is 11.8. The summed E-state index contributed by atoms with van der Waals surface area (Å²) in [5, 5.41) is 3.18. The van der Waals surface area contributed by atoms with Crippen molar-refractivity contribution in [3.63, 3.8) is 0 Å². The molecule has 0 radical (unpaired) electrons. The smallest absolute Gasteiger partial charge is 0.188 e. The van der Waals surface area contributed by atoms with E-state index in [9.17, 15) is 0 Å². The van der Waals surface area contributed by atoms with Crippen LogP contribution in [-0.2, 0) is 0 Å². The molecule has 0 amide bonds. The molecule has 4 heteroatoms. The van der Waals surface area contributed by atoms with Crippen LogP contribution in [0.4, 0.5) is 5.69 Å². The number of nitrogens with zero attached hydrogens (tertiary/aromatic N) is 2. The highest BCUT2D eigenvalue weighted by molar-refractivity contribution is 5.77. The van der Waals surface area contributed by atoms with Crippen molar-refractivity contribution >= 4 is 11.6 Å². The van der Waals surface area contributed by atoms with Crippen molar-refractivity contribution < 1.29 is 0 Å². The van der Waals surface area contributed by atoms with Gasteiger partial charge in [0.25, 0.3) is 0 Å². The first-order valence-electron chi connectivity index (χ1n) is 7.39. The molecule has 0 aliphatic rings. The van der Waals surface area contributed by atoms with Crippen LogP contribution in [0.5, 0.6) is 0 Å². The number of hydrogen-bond donors (Lipinski definition) is 2. The highest BCUT2D eigenvalue weighted by Gasteiger charge is 2.06. The van der Waals surface area contributed by atoms with Crippen LogP contribution < -0.4 is 16.0 Å². The van der Waals surface area contributed by atoms with Crippen molar-refractivity contribution in [1.82, 2.24) is 5.32 Å². The number of benzene rings is 1. The van der Waals surface area contributed by atoms with E-state index in [4.69, 9.17) is 5.73 Å². The maximum atomic E-state index is 5.84. The molecule has 1 aromatic carbocycles. The molecule has 0 saturated heterocycles. The molecule has 1 aromatic rings. The van der Waals surface area contributed by atoms with Gasteiger partial charge in [0.2, 0.25) is 0 Å². The molecule has 0 heterocycles. The number of rotatable bonds is 7. The van der Waals surface area contributed by atoms with Crippen LogP contribution in [0.25, 0.3) is 0 Å². The van der Waals surface area contributed by atoms with Crippen molar-refractivity contribution in [3.05, 3.63) is 29.8 Å². The van der Waals surface area contributed by atoms with E-state index >= 15 is 0 Å². The summed E-state index contributed by atoms with van der Waals surface area (Å²) in [6.45, 7) is 12.0. The molecule has 112 valence electrons. The fraction of sp³-hybridized carbons (Fsp3) is 0.562. The lowest BCUT2D eigenvalue weighted by Crippen LogP contribution is -2.39. The molecule has 0 fully saturated rings. The Hall–Kier alpha value is -1.71. The monoisotopic (exact) mass is 276 g/mol. The molecule has 0 atom stereocenters. The molecule has 0 aliphatic heterocycles. The summed E-state index contributed by atoms with van der Waals surface area (Å²) in [6.07, 6.45) is 0. The summed E-state index contributed by atoms with van der Waals surface area (Å²) in [6, 6.07) is 8.46. The number of likely N-dealkylation sites (N-methyl/N-ethyl adjacent to an activating group) is 1. The summed E-state index contributed by atoms with van der Waals surface area (Å²) in [4.78, 5) is 6.65. The van der Waals surface area contributed by atoms with Crippen molar-refractivity contribution in [3.8, 4) is 0 Å². The maximum absolute atomic E-state index is 5.84. The van der Waals surface area contributed by atoms with Gasteiger partial charge in [-0.1, -0.05) is 32.0 Å². The van der Waals surface area contributed by atoms with Crippen molar-refractivity contribution in [1.29, 1.82) is 0 Å². The van der Waals surface area contributed by atoms with E-state index in [2.05, 4.69) is 67.2 Å². The average Bonchev–Trinajstić information content (AvgIpc) is 2.42. The molecule has 0 unspecified atom stereocenters. The fourth-order valence-electron chi connectivity index (χ4n) is 2.02. The number of guanidine groups is 1. The second-order valence-corrected chi connectivity index (χ2v) is 5.41. The summed E-state index contributed by atoms with van der Waals surface area (Å²) in [7, 11) is 0. The Morgan fingerprint density at radius 2 is 2.05 bits per heavy atom. The van der Waals surface area contributed by atoms with Crippen molar-refractivity contribution in [2.24, 2.45) is 16.6 Å². The van der Waals surface area contributed by atoms with Gasteiger partial charge in [0.1, 0.15) is 0 Å². The van der Waals surface area contributed by atoms with E-state index in [1.807, 2.05) is 0 Å². The van der Waals surface area contributed by atoms with Crippen LogP contribution in [0.1, 0.15) is 26.3 Å². The second-order valence-electron chi connectivity index (χ2n) is 5.41. The van der Waals surface area contributed by atoms with Gasteiger partial charge in [0, 0.05) is 31.9 Å². The first-order chi connectivity index (χ1) is 9.54. The molecule has 0 spiro atoms. The van der Waals surface area contributed by atoms with Crippen LogP contribution >= 0.6 is 0 Å². The van der Waals surface area contributed by atoms with Gasteiger partial charge in [0.05, 0.1) is 0 Å². The molecule has 0 aliphatic carbocycles. The minimum Gasteiger partial charge on any atom is -0.370 e. The highest BCUT2D eigenvalue weighted by Crippen LogP contribution is 2.18. The predicted molar refractivity (Wildman–Crippen MR) is 88.4 cm³/mol. The number of nitrogens with two attached hydrogens (primary N) is 1. The number of aliphatic imine (C=N–C) groups is 1. The topological polar surface area (TPSA) is 53.6 Å². The van der Waals surface area contributed by atoms with Crippen molar-refractivity contribution in [2.45, 2.75) is 27.7 Å². The van der Waals surface area contributed by atoms with E-state index < -0.39 is 0 Å². The van der Waals surface area contributed by atoms with Crippen LogP contribution in [-0.4, -0.2) is 32.1 Å². The third-order valence-corrected chi connectivity index (χ3v) is 3.15. The SMILES string of the molecule is CCN(CCNC(N)=NCC(C)C)c1ccccc1C. The Balaban J connectivity index is 2.47. The van der Waals surface area contributed by atoms with Gasteiger partial charge in [-0.2, -0.15) is 0 Å². The molecular weight excluding hydrogens is 248 g/mol. The van der Waals surface area contributed by atoms with Crippen LogP contribution in [0.2, 0.25) is 0 Å². The van der Waals surface area contributed by atoms with E-state index in [1.54, 1.807) is 0 Å². The summed E-state index contributed by atoms with van der Waals surface area (Å²) in [5.74, 6) is 1.08. The lowest BCUT2D eigenvalue weighted by molar-refractivity contribution is 0.660. The lowest BCUT2D eigenvalue weighted by atomic mass is 10.2. The van der Waals surface area contributed by atoms with E-state index in [0.717, 1.165) is 26.2 Å².